The van der Waals surface area contributed by atoms with E-state index in [9.17, 15) is 9.59 Å². The maximum atomic E-state index is 13.1. The average Bonchev–Trinajstić information content (AvgIpc) is 3.51. The van der Waals surface area contributed by atoms with E-state index in [1.807, 2.05) is 62.1 Å². The number of amides is 2. The number of rotatable bonds is 5. The van der Waals surface area contributed by atoms with E-state index in [4.69, 9.17) is 9.47 Å². The van der Waals surface area contributed by atoms with Crippen molar-refractivity contribution in [3.63, 3.8) is 0 Å². The quantitative estimate of drug-likeness (QED) is 0.484. The zero-order valence-electron chi connectivity index (χ0n) is 21.4. The first-order valence-electron chi connectivity index (χ1n) is 12.9. The van der Waals surface area contributed by atoms with Gasteiger partial charge in [-0.3, -0.25) is 9.69 Å². The molecule has 0 aliphatic carbocycles. The SMILES string of the molecule is CC(C)(C)OC(=O)N1CC(C(=O)N2C[C@@H]3C[C@H]2CN3Cc2ccc(Oc3nc4ccccc4s3)cc2)C1. The number of para-hydroxylation sites is 1. The lowest BCUT2D eigenvalue weighted by atomic mass is 9.98. The molecule has 3 fully saturated rings. The van der Waals surface area contributed by atoms with Gasteiger partial charge in [0.25, 0.3) is 5.19 Å². The van der Waals surface area contributed by atoms with E-state index in [0.717, 1.165) is 42.0 Å². The van der Waals surface area contributed by atoms with Crippen molar-refractivity contribution in [2.45, 2.75) is 51.4 Å². The van der Waals surface area contributed by atoms with Crippen molar-refractivity contribution in [2.24, 2.45) is 5.92 Å². The molecular formula is C28H32N4O4S. The molecule has 3 saturated heterocycles. The van der Waals surface area contributed by atoms with Gasteiger partial charge in [-0.05, 0) is 57.0 Å². The number of hydrogen-bond donors (Lipinski definition) is 0. The number of nitrogens with zero attached hydrogens (tertiary/aromatic N) is 4. The molecule has 0 spiro atoms. The van der Waals surface area contributed by atoms with Gasteiger partial charge in [0.15, 0.2) is 0 Å². The summed E-state index contributed by atoms with van der Waals surface area (Å²) < 4.78 is 12.5. The molecule has 8 nitrogen and oxygen atoms in total. The lowest BCUT2D eigenvalue weighted by Crippen LogP contribution is -2.59. The van der Waals surface area contributed by atoms with Gasteiger partial charge in [-0.1, -0.05) is 35.6 Å². The Bertz CT molecular complexity index is 1280. The van der Waals surface area contributed by atoms with Crippen LogP contribution >= 0.6 is 11.3 Å². The molecule has 4 heterocycles. The van der Waals surface area contributed by atoms with E-state index in [2.05, 4.69) is 22.0 Å². The molecule has 2 aromatic carbocycles. The van der Waals surface area contributed by atoms with Crippen LogP contribution in [0.2, 0.25) is 0 Å². The van der Waals surface area contributed by atoms with Crippen molar-refractivity contribution < 1.29 is 19.1 Å². The number of likely N-dealkylation sites (tertiary alicyclic amines) is 3. The zero-order chi connectivity index (χ0) is 25.7. The molecular weight excluding hydrogens is 488 g/mol. The monoisotopic (exact) mass is 520 g/mol. The highest BCUT2D eigenvalue weighted by molar-refractivity contribution is 7.20. The normalized spacial score (nSPS) is 21.9. The third-order valence-corrected chi connectivity index (χ3v) is 8.22. The molecule has 0 radical (unpaired) electrons. The number of benzene rings is 2. The second kappa shape index (κ2) is 9.29. The predicted molar refractivity (Wildman–Crippen MR) is 142 cm³/mol. The molecule has 2 bridgehead atoms. The van der Waals surface area contributed by atoms with E-state index < -0.39 is 5.60 Å². The Balaban J connectivity index is 0.987. The number of hydrogen-bond acceptors (Lipinski definition) is 7. The fraction of sp³-hybridized carbons (Fsp3) is 0.464. The lowest BCUT2D eigenvalue weighted by molar-refractivity contribution is -0.143. The van der Waals surface area contributed by atoms with Gasteiger partial charge in [-0.15, -0.1) is 0 Å². The second-order valence-electron chi connectivity index (χ2n) is 11.2. The number of aromatic nitrogens is 1. The average molecular weight is 521 g/mol. The van der Waals surface area contributed by atoms with Gasteiger partial charge in [0, 0.05) is 44.8 Å². The van der Waals surface area contributed by atoms with E-state index in [-0.39, 0.29) is 24.0 Å². The maximum Gasteiger partial charge on any atom is 0.410 e. The summed E-state index contributed by atoms with van der Waals surface area (Å²) in [6.45, 7) is 8.99. The number of ether oxygens (including phenoxy) is 2. The molecule has 3 aromatic rings. The van der Waals surface area contributed by atoms with Crippen LogP contribution in [0, 0.1) is 5.92 Å². The van der Waals surface area contributed by atoms with Crippen LogP contribution in [0.4, 0.5) is 4.79 Å². The number of fused-ring (bicyclic) bond motifs is 3. The van der Waals surface area contributed by atoms with E-state index in [1.54, 1.807) is 16.2 Å². The highest BCUT2D eigenvalue weighted by Crippen LogP contribution is 2.35. The molecule has 0 N–H and O–H groups in total. The van der Waals surface area contributed by atoms with Crippen LogP contribution in [0.25, 0.3) is 10.2 Å². The smallest absolute Gasteiger partial charge is 0.410 e. The summed E-state index contributed by atoms with van der Waals surface area (Å²) in [5.41, 5.74) is 1.66. The summed E-state index contributed by atoms with van der Waals surface area (Å²) in [7, 11) is 0. The number of piperazine rings is 1. The largest absolute Gasteiger partial charge is 0.444 e. The van der Waals surface area contributed by atoms with Crippen LogP contribution in [-0.2, 0) is 16.1 Å². The fourth-order valence-corrected chi connectivity index (χ4v) is 6.29. The number of thiazole rings is 1. The Kier molecular flexibility index (Phi) is 6.07. The maximum absolute atomic E-state index is 13.1. The van der Waals surface area contributed by atoms with Crippen LogP contribution < -0.4 is 4.74 Å². The zero-order valence-corrected chi connectivity index (χ0v) is 22.2. The Morgan fingerprint density at radius 1 is 1.00 bits per heavy atom. The molecule has 3 aliphatic heterocycles. The van der Waals surface area contributed by atoms with Gasteiger partial charge in [-0.25, -0.2) is 9.78 Å². The van der Waals surface area contributed by atoms with E-state index in [0.29, 0.717) is 24.3 Å². The Labute approximate surface area is 220 Å². The molecule has 0 saturated carbocycles. The second-order valence-corrected chi connectivity index (χ2v) is 12.2. The fourth-order valence-electron chi connectivity index (χ4n) is 5.45. The third-order valence-electron chi connectivity index (χ3n) is 7.31. The summed E-state index contributed by atoms with van der Waals surface area (Å²) in [5, 5.41) is 0.649. The van der Waals surface area contributed by atoms with Gasteiger partial charge in [0.1, 0.15) is 11.4 Å². The summed E-state index contributed by atoms with van der Waals surface area (Å²) in [5.74, 6) is 0.857. The Morgan fingerprint density at radius 2 is 1.76 bits per heavy atom. The summed E-state index contributed by atoms with van der Waals surface area (Å²) in [6.07, 6.45) is 0.690. The van der Waals surface area contributed by atoms with Crippen molar-refractivity contribution in [3.05, 3.63) is 54.1 Å². The number of carbonyl (C=O) groups is 2. The van der Waals surface area contributed by atoms with Crippen LogP contribution in [-0.4, -0.2) is 75.5 Å². The lowest BCUT2D eigenvalue weighted by Gasteiger charge is -2.42. The molecule has 6 rings (SSSR count). The van der Waals surface area contributed by atoms with Crippen LogP contribution in [0.5, 0.6) is 10.9 Å². The molecule has 2 atom stereocenters. The van der Waals surface area contributed by atoms with Gasteiger partial charge in [0.2, 0.25) is 5.91 Å². The topological polar surface area (TPSA) is 75.2 Å². The highest BCUT2D eigenvalue weighted by Gasteiger charge is 2.48. The summed E-state index contributed by atoms with van der Waals surface area (Å²) in [4.78, 5) is 36.0. The Morgan fingerprint density at radius 3 is 2.43 bits per heavy atom. The first kappa shape index (κ1) is 24.2. The molecule has 9 heteroatoms. The van der Waals surface area contributed by atoms with Gasteiger partial charge >= 0.3 is 6.09 Å². The minimum Gasteiger partial charge on any atom is -0.444 e. The molecule has 3 aliphatic rings. The van der Waals surface area contributed by atoms with Gasteiger partial charge in [-0.2, -0.15) is 0 Å². The van der Waals surface area contributed by atoms with Crippen LogP contribution in [0.3, 0.4) is 0 Å². The van der Waals surface area contributed by atoms with Crippen LogP contribution in [0.1, 0.15) is 32.8 Å². The third kappa shape index (κ3) is 5.02. The summed E-state index contributed by atoms with van der Waals surface area (Å²) >= 11 is 1.54. The van der Waals surface area contributed by atoms with Crippen molar-refractivity contribution >= 4 is 33.6 Å². The van der Waals surface area contributed by atoms with Gasteiger partial charge < -0.3 is 19.3 Å². The Hall–Kier alpha value is -3.17. The summed E-state index contributed by atoms with van der Waals surface area (Å²) in [6, 6.07) is 16.9. The molecule has 2 amide bonds. The van der Waals surface area contributed by atoms with E-state index in [1.165, 1.54) is 5.56 Å². The molecule has 194 valence electrons. The molecule has 37 heavy (non-hydrogen) atoms. The van der Waals surface area contributed by atoms with Gasteiger partial charge in [0.05, 0.1) is 16.1 Å². The standard InChI is InChI=1S/C28H32N4O4S/c1-28(2,3)36-27(34)31-14-19(15-31)25(33)32-17-20-12-21(32)16-30(20)13-18-8-10-22(11-9-18)35-26-29-23-6-4-5-7-24(23)37-26/h4-11,19-21H,12-17H2,1-3H3/t20-,21-/m0/s1. The van der Waals surface area contributed by atoms with Crippen molar-refractivity contribution in [3.8, 4) is 10.9 Å². The van der Waals surface area contributed by atoms with E-state index >= 15 is 0 Å². The van der Waals surface area contributed by atoms with Crippen LogP contribution in [0.15, 0.2) is 48.5 Å². The molecule has 1 aromatic heterocycles. The first-order chi connectivity index (χ1) is 17.7. The number of carbonyl (C=O) groups excluding carboxylic acids is 2. The minimum atomic E-state index is -0.520. The highest BCUT2D eigenvalue weighted by atomic mass is 32.1. The van der Waals surface area contributed by atoms with Crippen molar-refractivity contribution in [2.75, 3.05) is 26.2 Å². The van der Waals surface area contributed by atoms with Crippen molar-refractivity contribution in [1.29, 1.82) is 0 Å². The minimum absolute atomic E-state index is 0.108. The van der Waals surface area contributed by atoms with Crippen molar-refractivity contribution in [1.82, 2.24) is 19.7 Å². The molecule has 0 unspecified atom stereocenters. The first-order valence-corrected chi connectivity index (χ1v) is 13.7. The predicted octanol–water partition coefficient (Wildman–Crippen LogP) is 4.74.